The number of carboxylic acids is 1. The zero-order valence-electron chi connectivity index (χ0n) is 8.51. The molecule has 0 aromatic carbocycles. The molecule has 2 atom stereocenters. The van der Waals surface area contributed by atoms with Crippen molar-refractivity contribution in [2.45, 2.75) is 37.5 Å². The average Bonchev–Trinajstić information content (AvgIpc) is 2.17. The SMILES string of the molecule is CC(C(=O)O)S(=O)(=O)NC1CC=CCC1. The highest BCUT2D eigenvalue weighted by atomic mass is 32.2. The molecule has 1 rings (SSSR count). The van der Waals surface area contributed by atoms with E-state index in [0.29, 0.717) is 6.42 Å². The highest BCUT2D eigenvalue weighted by Crippen LogP contribution is 2.12. The predicted octanol–water partition coefficient (Wildman–Crippen LogP) is 0.488. The number of nitrogens with one attached hydrogen (secondary N) is 1. The molecular formula is C9H15NO4S. The molecule has 6 heteroatoms. The van der Waals surface area contributed by atoms with Crippen LogP contribution in [-0.2, 0) is 14.8 Å². The van der Waals surface area contributed by atoms with Crippen LogP contribution < -0.4 is 4.72 Å². The molecule has 0 aliphatic heterocycles. The van der Waals surface area contributed by atoms with Crippen molar-refractivity contribution in [2.24, 2.45) is 0 Å². The van der Waals surface area contributed by atoms with E-state index in [1.165, 1.54) is 6.92 Å². The second kappa shape index (κ2) is 4.76. The first-order chi connectivity index (χ1) is 6.93. The monoisotopic (exact) mass is 233 g/mol. The van der Waals surface area contributed by atoms with Gasteiger partial charge >= 0.3 is 5.97 Å². The molecule has 0 aromatic rings. The number of hydrogen-bond donors (Lipinski definition) is 2. The molecule has 15 heavy (non-hydrogen) atoms. The number of allylic oxidation sites excluding steroid dienone is 1. The number of rotatable bonds is 4. The zero-order chi connectivity index (χ0) is 11.5. The molecule has 0 saturated carbocycles. The predicted molar refractivity (Wildman–Crippen MR) is 55.9 cm³/mol. The molecule has 0 heterocycles. The van der Waals surface area contributed by atoms with Crippen LogP contribution in [0.5, 0.6) is 0 Å². The summed E-state index contributed by atoms with van der Waals surface area (Å²) in [5.41, 5.74) is 0. The van der Waals surface area contributed by atoms with Gasteiger partial charge in [0, 0.05) is 6.04 Å². The van der Waals surface area contributed by atoms with Gasteiger partial charge in [-0.15, -0.1) is 0 Å². The zero-order valence-corrected chi connectivity index (χ0v) is 9.33. The van der Waals surface area contributed by atoms with Crippen molar-refractivity contribution in [3.05, 3.63) is 12.2 Å². The summed E-state index contributed by atoms with van der Waals surface area (Å²) in [6, 6.07) is -0.165. The standard InChI is InChI=1S/C9H15NO4S/c1-7(9(11)12)15(13,14)10-8-5-3-2-4-6-8/h2-3,7-8,10H,4-6H2,1H3,(H,11,12). The van der Waals surface area contributed by atoms with Crippen LogP contribution in [0.25, 0.3) is 0 Å². The highest BCUT2D eigenvalue weighted by Gasteiger charge is 2.29. The summed E-state index contributed by atoms with van der Waals surface area (Å²) in [5, 5.41) is 7.21. The van der Waals surface area contributed by atoms with E-state index in [2.05, 4.69) is 4.72 Å². The molecule has 0 radical (unpaired) electrons. The van der Waals surface area contributed by atoms with E-state index in [1.54, 1.807) is 0 Å². The van der Waals surface area contributed by atoms with Crippen LogP contribution in [-0.4, -0.2) is 30.8 Å². The van der Waals surface area contributed by atoms with Gasteiger partial charge in [-0.05, 0) is 26.2 Å². The lowest BCUT2D eigenvalue weighted by atomic mass is 10.0. The van der Waals surface area contributed by atoms with E-state index in [9.17, 15) is 13.2 Å². The molecule has 0 bridgehead atoms. The molecule has 0 aromatic heterocycles. The van der Waals surface area contributed by atoms with Crippen molar-refractivity contribution in [1.82, 2.24) is 4.72 Å². The van der Waals surface area contributed by atoms with Crippen LogP contribution in [0, 0.1) is 0 Å². The van der Waals surface area contributed by atoms with E-state index in [1.807, 2.05) is 12.2 Å². The third-order valence-corrected chi connectivity index (χ3v) is 4.21. The van der Waals surface area contributed by atoms with Gasteiger partial charge in [-0.2, -0.15) is 0 Å². The Balaban J connectivity index is 2.63. The minimum atomic E-state index is -3.74. The van der Waals surface area contributed by atoms with E-state index in [-0.39, 0.29) is 6.04 Å². The van der Waals surface area contributed by atoms with E-state index in [4.69, 9.17) is 5.11 Å². The summed E-state index contributed by atoms with van der Waals surface area (Å²) < 4.78 is 25.5. The van der Waals surface area contributed by atoms with Gasteiger partial charge in [0.25, 0.3) is 0 Å². The van der Waals surface area contributed by atoms with Crippen molar-refractivity contribution in [3.63, 3.8) is 0 Å². The molecule has 1 aliphatic carbocycles. The van der Waals surface area contributed by atoms with Gasteiger partial charge in [0.05, 0.1) is 0 Å². The highest BCUT2D eigenvalue weighted by molar-refractivity contribution is 7.90. The lowest BCUT2D eigenvalue weighted by Crippen LogP contribution is -2.43. The Hall–Kier alpha value is -0.880. The average molecular weight is 233 g/mol. The van der Waals surface area contributed by atoms with Crippen molar-refractivity contribution in [3.8, 4) is 0 Å². The lowest BCUT2D eigenvalue weighted by molar-refractivity contribution is -0.136. The van der Waals surface area contributed by atoms with Gasteiger partial charge in [-0.1, -0.05) is 12.2 Å². The Kier molecular flexibility index (Phi) is 3.87. The van der Waals surface area contributed by atoms with E-state index < -0.39 is 21.2 Å². The van der Waals surface area contributed by atoms with Crippen LogP contribution in [0.3, 0.4) is 0 Å². The Bertz CT molecular complexity index is 360. The molecule has 0 fully saturated rings. The van der Waals surface area contributed by atoms with Crippen LogP contribution in [0.4, 0.5) is 0 Å². The Labute approximate surface area is 89.2 Å². The third-order valence-electron chi connectivity index (χ3n) is 2.41. The number of aliphatic carboxylic acids is 1. The Morgan fingerprint density at radius 1 is 1.53 bits per heavy atom. The lowest BCUT2D eigenvalue weighted by Gasteiger charge is -2.20. The topological polar surface area (TPSA) is 83.5 Å². The fourth-order valence-corrected chi connectivity index (χ4v) is 2.52. The number of sulfonamides is 1. The van der Waals surface area contributed by atoms with Crippen LogP contribution in [0.2, 0.25) is 0 Å². The van der Waals surface area contributed by atoms with Crippen molar-refractivity contribution in [2.75, 3.05) is 0 Å². The number of carboxylic acid groups (broad SMARTS) is 1. The molecule has 1 aliphatic rings. The minimum absolute atomic E-state index is 0.165. The van der Waals surface area contributed by atoms with Crippen molar-refractivity contribution >= 4 is 16.0 Å². The van der Waals surface area contributed by atoms with Crippen LogP contribution >= 0.6 is 0 Å². The molecule has 0 spiro atoms. The van der Waals surface area contributed by atoms with Gasteiger partial charge in [0.1, 0.15) is 0 Å². The second-order valence-corrected chi connectivity index (χ2v) is 5.66. The molecule has 2 N–H and O–H groups in total. The van der Waals surface area contributed by atoms with Crippen molar-refractivity contribution in [1.29, 1.82) is 0 Å². The molecule has 5 nitrogen and oxygen atoms in total. The quantitative estimate of drug-likeness (QED) is 0.692. The van der Waals surface area contributed by atoms with E-state index in [0.717, 1.165) is 12.8 Å². The molecule has 86 valence electrons. The third kappa shape index (κ3) is 3.32. The van der Waals surface area contributed by atoms with Crippen LogP contribution in [0.1, 0.15) is 26.2 Å². The Morgan fingerprint density at radius 2 is 2.20 bits per heavy atom. The maximum absolute atomic E-state index is 11.5. The fourth-order valence-electron chi connectivity index (χ4n) is 1.37. The maximum Gasteiger partial charge on any atom is 0.323 e. The smallest absolute Gasteiger partial charge is 0.323 e. The molecule has 2 unspecified atom stereocenters. The first-order valence-corrected chi connectivity index (χ1v) is 6.37. The summed E-state index contributed by atoms with van der Waals surface area (Å²) in [5.74, 6) is -1.33. The Morgan fingerprint density at radius 3 is 2.67 bits per heavy atom. The molecule has 0 amide bonds. The normalized spacial score (nSPS) is 23.7. The summed E-state index contributed by atoms with van der Waals surface area (Å²) in [6.45, 7) is 1.17. The number of carbonyl (C=O) groups is 1. The molecule has 0 saturated heterocycles. The van der Waals surface area contributed by atoms with Crippen LogP contribution in [0.15, 0.2) is 12.2 Å². The van der Waals surface area contributed by atoms with Gasteiger partial charge in [0.15, 0.2) is 5.25 Å². The second-order valence-electron chi connectivity index (χ2n) is 3.62. The van der Waals surface area contributed by atoms with Gasteiger partial charge in [-0.3, -0.25) is 4.79 Å². The summed E-state index contributed by atoms with van der Waals surface area (Å²) in [7, 11) is -3.74. The van der Waals surface area contributed by atoms with E-state index >= 15 is 0 Å². The van der Waals surface area contributed by atoms with Gasteiger partial charge < -0.3 is 5.11 Å². The van der Waals surface area contributed by atoms with Gasteiger partial charge in [-0.25, -0.2) is 13.1 Å². The van der Waals surface area contributed by atoms with Gasteiger partial charge in [0.2, 0.25) is 10.0 Å². The maximum atomic E-state index is 11.5. The summed E-state index contributed by atoms with van der Waals surface area (Å²) in [4.78, 5) is 10.6. The van der Waals surface area contributed by atoms with Crippen molar-refractivity contribution < 1.29 is 18.3 Å². The first-order valence-electron chi connectivity index (χ1n) is 4.82. The molecular weight excluding hydrogens is 218 g/mol. The largest absolute Gasteiger partial charge is 0.480 e. The number of hydrogen-bond acceptors (Lipinski definition) is 3. The summed E-state index contributed by atoms with van der Waals surface area (Å²) in [6.07, 6.45) is 6.08. The fraction of sp³-hybridized carbons (Fsp3) is 0.667. The summed E-state index contributed by atoms with van der Waals surface area (Å²) >= 11 is 0. The first kappa shape index (κ1) is 12.2. The minimum Gasteiger partial charge on any atom is -0.480 e.